The van der Waals surface area contributed by atoms with Crippen molar-refractivity contribution in [3.05, 3.63) is 17.6 Å². The van der Waals surface area contributed by atoms with Crippen LogP contribution in [-0.4, -0.2) is 41.4 Å². The summed E-state index contributed by atoms with van der Waals surface area (Å²) in [6.07, 6.45) is 1.81. The Kier molecular flexibility index (Phi) is 2.59. The molecule has 16 heavy (non-hydrogen) atoms. The Balaban J connectivity index is 1.82. The third-order valence-electron chi connectivity index (χ3n) is 2.67. The van der Waals surface area contributed by atoms with Crippen LogP contribution >= 0.6 is 11.3 Å². The lowest BCUT2D eigenvalue weighted by Gasteiger charge is -2.26. The Morgan fingerprint density at radius 2 is 2.19 bits per heavy atom. The van der Waals surface area contributed by atoms with Gasteiger partial charge in [-0.2, -0.15) is 5.10 Å². The smallest absolute Gasteiger partial charge is 0.151 e. The van der Waals surface area contributed by atoms with Crippen LogP contribution in [0, 0.1) is 0 Å². The van der Waals surface area contributed by atoms with E-state index in [9.17, 15) is 0 Å². The molecule has 2 N–H and O–H groups in total. The van der Waals surface area contributed by atoms with Crippen LogP contribution in [0.15, 0.2) is 17.6 Å². The van der Waals surface area contributed by atoms with E-state index >= 15 is 0 Å². The first-order valence-electron chi connectivity index (χ1n) is 5.34. The zero-order valence-electron chi connectivity index (χ0n) is 8.81. The Labute approximate surface area is 97.5 Å². The maximum absolute atomic E-state index is 4.34. The normalized spacial score (nSPS) is 16.6. The molecule has 0 bridgehead atoms. The predicted octanol–water partition coefficient (Wildman–Crippen LogP) is 0.943. The quantitative estimate of drug-likeness (QED) is 0.813. The number of nitrogens with one attached hydrogen (secondary N) is 2. The molecule has 84 valence electrons. The number of anilines is 1. The predicted molar refractivity (Wildman–Crippen MR) is 64.8 cm³/mol. The van der Waals surface area contributed by atoms with Crippen molar-refractivity contribution in [3.63, 3.8) is 0 Å². The van der Waals surface area contributed by atoms with Crippen molar-refractivity contribution in [2.75, 3.05) is 31.1 Å². The molecule has 0 aliphatic carbocycles. The second-order valence-electron chi connectivity index (χ2n) is 3.71. The first-order chi connectivity index (χ1) is 7.93. The molecule has 0 unspecified atom stereocenters. The van der Waals surface area contributed by atoms with Crippen LogP contribution < -0.4 is 10.2 Å². The van der Waals surface area contributed by atoms with E-state index in [4.69, 9.17) is 0 Å². The number of hydrogen-bond donors (Lipinski definition) is 2. The van der Waals surface area contributed by atoms with Gasteiger partial charge in [0.1, 0.15) is 5.01 Å². The van der Waals surface area contributed by atoms with Crippen LogP contribution in [0.3, 0.4) is 0 Å². The van der Waals surface area contributed by atoms with Crippen LogP contribution in [0.5, 0.6) is 0 Å². The lowest BCUT2D eigenvalue weighted by Crippen LogP contribution is -2.43. The number of aromatic amines is 1. The summed E-state index contributed by atoms with van der Waals surface area (Å²) in [7, 11) is 0. The molecule has 1 fully saturated rings. The van der Waals surface area contributed by atoms with Gasteiger partial charge in [0.15, 0.2) is 5.82 Å². The van der Waals surface area contributed by atoms with Crippen LogP contribution in [0.4, 0.5) is 5.82 Å². The lowest BCUT2D eigenvalue weighted by molar-refractivity contribution is 0.584. The topological polar surface area (TPSA) is 56.8 Å². The molecule has 6 heteroatoms. The zero-order valence-corrected chi connectivity index (χ0v) is 9.63. The fourth-order valence-electron chi connectivity index (χ4n) is 1.83. The molecule has 3 rings (SSSR count). The first-order valence-corrected chi connectivity index (χ1v) is 6.22. The molecule has 5 nitrogen and oxygen atoms in total. The summed E-state index contributed by atoms with van der Waals surface area (Å²) in [6.45, 7) is 4.09. The molecule has 1 saturated heterocycles. The molecule has 2 aromatic heterocycles. The van der Waals surface area contributed by atoms with E-state index in [2.05, 4.69) is 31.5 Å². The highest BCUT2D eigenvalue weighted by atomic mass is 32.1. The molecule has 0 aromatic carbocycles. The van der Waals surface area contributed by atoms with Crippen molar-refractivity contribution in [1.82, 2.24) is 20.5 Å². The maximum Gasteiger partial charge on any atom is 0.151 e. The minimum atomic E-state index is 0.994. The Bertz CT molecular complexity index is 443. The van der Waals surface area contributed by atoms with Crippen LogP contribution in [0.25, 0.3) is 10.7 Å². The Morgan fingerprint density at radius 3 is 2.94 bits per heavy atom. The summed E-state index contributed by atoms with van der Waals surface area (Å²) >= 11 is 1.62. The lowest BCUT2D eigenvalue weighted by atomic mass is 10.3. The second-order valence-corrected chi connectivity index (χ2v) is 4.61. The highest BCUT2D eigenvalue weighted by Gasteiger charge is 2.14. The molecule has 0 atom stereocenters. The summed E-state index contributed by atoms with van der Waals surface area (Å²) < 4.78 is 0. The average molecular weight is 235 g/mol. The summed E-state index contributed by atoms with van der Waals surface area (Å²) in [5.74, 6) is 1.02. The van der Waals surface area contributed by atoms with Gasteiger partial charge in [-0.3, -0.25) is 5.10 Å². The Morgan fingerprint density at radius 1 is 1.31 bits per heavy atom. The molecular formula is C10H13N5S. The molecular weight excluding hydrogens is 222 g/mol. The molecule has 0 spiro atoms. The number of piperazine rings is 1. The summed E-state index contributed by atoms with van der Waals surface area (Å²) in [4.78, 5) is 6.54. The highest BCUT2D eigenvalue weighted by molar-refractivity contribution is 7.13. The minimum absolute atomic E-state index is 0.994. The largest absolute Gasteiger partial charge is 0.353 e. The van der Waals surface area contributed by atoms with E-state index in [-0.39, 0.29) is 0 Å². The van der Waals surface area contributed by atoms with Gasteiger partial charge in [-0.1, -0.05) is 0 Å². The average Bonchev–Trinajstić information content (AvgIpc) is 3.01. The summed E-state index contributed by atoms with van der Waals surface area (Å²) in [5, 5.41) is 13.7. The van der Waals surface area contributed by atoms with Crippen molar-refractivity contribution in [1.29, 1.82) is 0 Å². The van der Waals surface area contributed by atoms with Crippen molar-refractivity contribution in [2.45, 2.75) is 0 Å². The Hall–Kier alpha value is -1.40. The van der Waals surface area contributed by atoms with Crippen LogP contribution in [0.1, 0.15) is 0 Å². The number of nitrogens with zero attached hydrogens (tertiary/aromatic N) is 3. The number of rotatable bonds is 2. The van der Waals surface area contributed by atoms with Gasteiger partial charge in [-0.25, -0.2) is 4.98 Å². The molecule has 1 aliphatic heterocycles. The second kappa shape index (κ2) is 4.23. The van der Waals surface area contributed by atoms with Crippen LogP contribution in [-0.2, 0) is 0 Å². The van der Waals surface area contributed by atoms with E-state index in [1.54, 1.807) is 11.3 Å². The fourth-order valence-corrected chi connectivity index (χ4v) is 2.44. The van der Waals surface area contributed by atoms with E-state index in [1.165, 1.54) is 0 Å². The van der Waals surface area contributed by atoms with Gasteiger partial charge in [-0.05, 0) is 0 Å². The molecule has 0 radical (unpaired) electrons. The standard InChI is InChI=1S/C10H13N5S/c1-4-15(5-2-11-1)9-7-8(13-14-9)10-12-3-6-16-10/h3,6-7,11H,1-2,4-5H2,(H,13,14). The van der Waals surface area contributed by atoms with Gasteiger partial charge in [0.05, 0.1) is 5.69 Å². The van der Waals surface area contributed by atoms with E-state index < -0.39 is 0 Å². The van der Waals surface area contributed by atoms with Gasteiger partial charge in [-0.15, -0.1) is 11.3 Å². The van der Waals surface area contributed by atoms with Gasteiger partial charge in [0, 0.05) is 43.8 Å². The number of hydrogen-bond acceptors (Lipinski definition) is 5. The van der Waals surface area contributed by atoms with E-state index in [0.717, 1.165) is 42.7 Å². The summed E-state index contributed by atoms with van der Waals surface area (Å²) in [5.41, 5.74) is 1.00. The van der Waals surface area contributed by atoms with Crippen molar-refractivity contribution >= 4 is 17.2 Å². The van der Waals surface area contributed by atoms with Gasteiger partial charge >= 0.3 is 0 Å². The number of aromatic nitrogens is 3. The third-order valence-corrected chi connectivity index (χ3v) is 3.47. The highest BCUT2D eigenvalue weighted by Crippen LogP contribution is 2.23. The van der Waals surface area contributed by atoms with Crippen molar-refractivity contribution in [2.24, 2.45) is 0 Å². The molecule has 3 heterocycles. The van der Waals surface area contributed by atoms with Gasteiger partial charge in [0.25, 0.3) is 0 Å². The van der Waals surface area contributed by atoms with E-state index in [1.807, 2.05) is 11.6 Å². The van der Waals surface area contributed by atoms with E-state index in [0.29, 0.717) is 0 Å². The van der Waals surface area contributed by atoms with Gasteiger partial charge in [0.2, 0.25) is 0 Å². The maximum atomic E-state index is 4.34. The van der Waals surface area contributed by atoms with Crippen molar-refractivity contribution < 1.29 is 0 Å². The molecule has 1 aliphatic rings. The summed E-state index contributed by atoms with van der Waals surface area (Å²) in [6, 6.07) is 2.07. The fraction of sp³-hybridized carbons (Fsp3) is 0.400. The number of H-pyrrole nitrogens is 1. The van der Waals surface area contributed by atoms with Crippen LogP contribution in [0.2, 0.25) is 0 Å². The first kappa shape index (κ1) is 9.80. The molecule has 0 amide bonds. The monoisotopic (exact) mass is 235 g/mol. The number of thiazole rings is 1. The zero-order chi connectivity index (χ0) is 10.8. The third kappa shape index (κ3) is 1.81. The van der Waals surface area contributed by atoms with Crippen molar-refractivity contribution in [3.8, 4) is 10.7 Å². The van der Waals surface area contributed by atoms with Gasteiger partial charge < -0.3 is 10.2 Å². The molecule has 2 aromatic rings. The molecule has 0 saturated carbocycles. The minimum Gasteiger partial charge on any atom is -0.353 e. The SMILES string of the molecule is c1csc(-c2cc(N3CCNCC3)n[nH]2)n1.